The number of anilines is 1. The van der Waals surface area contributed by atoms with E-state index in [-0.39, 0.29) is 17.9 Å². The summed E-state index contributed by atoms with van der Waals surface area (Å²) in [6.45, 7) is 4.49. The molecule has 1 amide bonds. The average molecular weight is 262 g/mol. The zero-order valence-corrected chi connectivity index (χ0v) is 11.6. The summed E-state index contributed by atoms with van der Waals surface area (Å²) in [5.41, 5.74) is 7.69. The third kappa shape index (κ3) is 3.96. The van der Waals surface area contributed by atoms with Crippen LogP contribution in [0.5, 0.6) is 5.75 Å². The van der Waals surface area contributed by atoms with Crippen molar-refractivity contribution in [2.45, 2.75) is 39.2 Å². The molecule has 0 bridgehead atoms. The number of carbonyl (C=O) groups excluding carboxylic acids is 1. The lowest BCUT2D eigenvalue weighted by molar-refractivity contribution is -0.117. The average Bonchev–Trinajstić information content (AvgIpc) is 3.16. The molecule has 1 atom stereocenters. The number of hydrogen-bond donors (Lipinski definition) is 2. The molecule has 3 N–H and O–H groups in total. The van der Waals surface area contributed by atoms with Gasteiger partial charge in [-0.2, -0.15) is 0 Å². The number of ether oxygens (including phenoxy) is 1. The van der Waals surface area contributed by atoms with Gasteiger partial charge in [0, 0.05) is 12.0 Å². The van der Waals surface area contributed by atoms with Gasteiger partial charge >= 0.3 is 0 Å². The number of nitrogens with one attached hydrogen (secondary N) is 1. The maximum Gasteiger partial charge on any atom is 0.227 e. The number of rotatable bonds is 6. The molecular weight excluding hydrogens is 240 g/mol. The SMILES string of the molecule is CCOc1cc(CC(C)N)ccc1NC(=O)C1CC1. The van der Waals surface area contributed by atoms with Gasteiger partial charge in [-0.1, -0.05) is 6.07 Å². The van der Waals surface area contributed by atoms with Gasteiger partial charge in [0.1, 0.15) is 5.75 Å². The maximum atomic E-state index is 11.8. The molecule has 0 aliphatic heterocycles. The predicted octanol–water partition coefficient (Wildman–Crippen LogP) is 2.32. The van der Waals surface area contributed by atoms with E-state index in [9.17, 15) is 4.79 Å². The van der Waals surface area contributed by atoms with E-state index in [0.717, 1.165) is 36.3 Å². The summed E-state index contributed by atoms with van der Waals surface area (Å²) in [7, 11) is 0. The highest BCUT2D eigenvalue weighted by Crippen LogP contribution is 2.32. The van der Waals surface area contributed by atoms with Crippen LogP contribution in [0.15, 0.2) is 18.2 Å². The minimum absolute atomic E-state index is 0.0981. The second-order valence-corrected chi connectivity index (χ2v) is 5.21. The zero-order valence-electron chi connectivity index (χ0n) is 11.6. The Hall–Kier alpha value is -1.55. The Morgan fingerprint density at radius 1 is 1.53 bits per heavy atom. The van der Waals surface area contributed by atoms with Crippen molar-refractivity contribution in [3.63, 3.8) is 0 Å². The smallest absolute Gasteiger partial charge is 0.227 e. The van der Waals surface area contributed by atoms with Gasteiger partial charge in [-0.15, -0.1) is 0 Å². The molecule has 1 saturated carbocycles. The molecular formula is C15H22N2O2. The first kappa shape index (κ1) is 13.9. The molecule has 0 radical (unpaired) electrons. The molecule has 1 aliphatic rings. The lowest BCUT2D eigenvalue weighted by Gasteiger charge is -2.14. The number of carbonyl (C=O) groups is 1. The van der Waals surface area contributed by atoms with Crippen molar-refractivity contribution in [1.29, 1.82) is 0 Å². The Labute approximate surface area is 114 Å². The third-order valence-corrected chi connectivity index (χ3v) is 3.11. The van der Waals surface area contributed by atoms with Crippen LogP contribution < -0.4 is 15.8 Å². The first-order valence-electron chi connectivity index (χ1n) is 6.92. The molecule has 104 valence electrons. The van der Waals surface area contributed by atoms with Crippen LogP contribution in [-0.2, 0) is 11.2 Å². The van der Waals surface area contributed by atoms with Gasteiger partial charge in [-0.25, -0.2) is 0 Å². The van der Waals surface area contributed by atoms with Crippen LogP contribution in [-0.4, -0.2) is 18.6 Å². The summed E-state index contributed by atoms with van der Waals surface area (Å²) >= 11 is 0. The minimum atomic E-state index is 0.0981. The first-order valence-corrected chi connectivity index (χ1v) is 6.92. The van der Waals surface area contributed by atoms with E-state index < -0.39 is 0 Å². The summed E-state index contributed by atoms with van der Waals surface area (Å²) in [6, 6.07) is 5.98. The molecule has 0 spiro atoms. The molecule has 0 saturated heterocycles. The Balaban J connectivity index is 2.13. The summed E-state index contributed by atoms with van der Waals surface area (Å²) in [6.07, 6.45) is 2.80. The van der Waals surface area contributed by atoms with Crippen molar-refractivity contribution < 1.29 is 9.53 Å². The molecule has 1 unspecified atom stereocenters. The Bertz CT molecular complexity index is 453. The molecule has 0 aromatic heterocycles. The highest BCUT2D eigenvalue weighted by atomic mass is 16.5. The number of hydrogen-bond acceptors (Lipinski definition) is 3. The van der Waals surface area contributed by atoms with Crippen LogP contribution in [0, 0.1) is 5.92 Å². The van der Waals surface area contributed by atoms with Crippen LogP contribution in [0.1, 0.15) is 32.3 Å². The van der Waals surface area contributed by atoms with E-state index in [2.05, 4.69) is 5.32 Å². The van der Waals surface area contributed by atoms with Crippen molar-refractivity contribution in [3.8, 4) is 5.75 Å². The quantitative estimate of drug-likeness (QED) is 0.827. The molecule has 1 aromatic carbocycles. The van der Waals surface area contributed by atoms with E-state index in [0.29, 0.717) is 6.61 Å². The summed E-state index contributed by atoms with van der Waals surface area (Å²) in [5.74, 6) is 1.02. The van der Waals surface area contributed by atoms with Crippen molar-refractivity contribution in [1.82, 2.24) is 0 Å². The monoisotopic (exact) mass is 262 g/mol. The van der Waals surface area contributed by atoms with Crippen molar-refractivity contribution >= 4 is 11.6 Å². The molecule has 1 aromatic rings. The fourth-order valence-electron chi connectivity index (χ4n) is 2.02. The third-order valence-electron chi connectivity index (χ3n) is 3.11. The fraction of sp³-hybridized carbons (Fsp3) is 0.533. The highest BCUT2D eigenvalue weighted by molar-refractivity contribution is 5.95. The Morgan fingerprint density at radius 3 is 2.84 bits per heavy atom. The predicted molar refractivity (Wildman–Crippen MR) is 76.3 cm³/mol. The molecule has 4 nitrogen and oxygen atoms in total. The molecule has 19 heavy (non-hydrogen) atoms. The summed E-state index contributed by atoms with van der Waals surface area (Å²) in [4.78, 5) is 11.8. The van der Waals surface area contributed by atoms with Gasteiger partial charge in [0.05, 0.1) is 12.3 Å². The normalized spacial score (nSPS) is 15.9. The fourth-order valence-corrected chi connectivity index (χ4v) is 2.02. The van der Waals surface area contributed by atoms with Crippen molar-refractivity contribution in [2.75, 3.05) is 11.9 Å². The number of nitrogens with two attached hydrogens (primary N) is 1. The van der Waals surface area contributed by atoms with Gasteiger partial charge in [0.15, 0.2) is 0 Å². The van der Waals surface area contributed by atoms with E-state index in [1.165, 1.54) is 0 Å². The summed E-state index contributed by atoms with van der Waals surface area (Å²) in [5, 5.41) is 2.94. The second-order valence-electron chi connectivity index (χ2n) is 5.21. The van der Waals surface area contributed by atoms with Crippen LogP contribution in [0.25, 0.3) is 0 Å². The Kier molecular flexibility index (Phi) is 4.43. The number of benzene rings is 1. The van der Waals surface area contributed by atoms with Crippen LogP contribution >= 0.6 is 0 Å². The highest BCUT2D eigenvalue weighted by Gasteiger charge is 2.30. The van der Waals surface area contributed by atoms with Crippen molar-refractivity contribution in [2.24, 2.45) is 11.7 Å². The standard InChI is InChI=1S/C15H22N2O2/c1-3-19-14-9-11(8-10(2)16)4-7-13(14)17-15(18)12-5-6-12/h4,7,9-10,12H,3,5-6,8,16H2,1-2H3,(H,17,18). The van der Waals surface area contributed by atoms with E-state index in [4.69, 9.17) is 10.5 Å². The van der Waals surface area contributed by atoms with E-state index >= 15 is 0 Å². The molecule has 0 heterocycles. The molecule has 1 aliphatic carbocycles. The lowest BCUT2D eigenvalue weighted by atomic mass is 10.1. The van der Waals surface area contributed by atoms with Crippen LogP contribution in [0.4, 0.5) is 5.69 Å². The molecule has 2 rings (SSSR count). The van der Waals surface area contributed by atoms with Crippen LogP contribution in [0.2, 0.25) is 0 Å². The number of amides is 1. The zero-order chi connectivity index (χ0) is 13.8. The van der Waals surface area contributed by atoms with E-state index in [1.807, 2.05) is 32.0 Å². The van der Waals surface area contributed by atoms with Crippen LogP contribution in [0.3, 0.4) is 0 Å². The first-order chi connectivity index (χ1) is 9.10. The van der Waals surface area contributed by atoms with Gasteiger partial charge in [0.25, 0.3) is 0 Å². The Morgan fingerprint density at radius 2 is 2.26 bits per heavy atom. The van der Waals surface area contributed by atoms with Gasteiger partial charge < -0.3 is 15.8 Å². The van der Waals surface area contributed by atoms with Gasteiger partial charge in [-0.3, -0.25) is 4.79 Å². The van der Waals surface area contributed by atoms with Gasteiger partial charge in [-0.05, 0) is 50.8 Å². The maximum absolute atomic E-state index is 11.8. The van der Waals surface area contributed by atoms with Crippen molar-refractivity contribution in [3.05, 3.63) is 23.8 Å². The van der Waals surface area contributed by atoms with E-state index in [1.54, 1.807) is 0 Å². The molecule has 1 fully saturated rings. The topological polar surface area (TPSA) is 64.3 Å². The minimum Gasteiger partial charge on any atom is -0.492 e. The second kappa shape index (κ2) is 6.06. The summed E-state index contributed by atoms with van der Waals surface area (Å²) < 4.78 is 5.60. The largest absolute Gasteiger partial charge is 0.492 e. The molecule has 4 heteroatoms. The lowest BCUT2D eigenvalue weighted by Crippen LogP contribution is -2.18. The van der Waals surface area contributed by atoms with Gasteiger partial charge in [0.2, 0.25) is 5.91 Å².